The predicted molar refractivity (Wildman–Crippen MR) is 114 cm³/mol. The number of amides is 2. The minimum Gasteiger partial charge on any atom is -0.372 e. The minimum atomic E-state index is -0.336. The van der Waals surface area contributed by atoms with E-state index < -0.39 is 0 Å². The van der Waals surface area contributed by atoms with E-state index in [1.165, 1.54) is 0 Å². The molecule has 2 rings (SSSR count). The van der Waals surface area contributed by atoms with Gasteiger partial charge in [0.05, 0.1) is 0 Å². The highest BCUT2D eigenvalue weighted by Gasteiger charge is 2.15. The molecule has 1 aromatic heterocycles. The third-order valence-corrected chi connectivity index (χ3v) is 4.79. The zero-order chi connectivity index (χ0) is 20.7. The lowest BCUT2D eigenvalue weighted by molar-refractivity contribution is 0.0934. The van der Waals surface area contributed by atoms with Crippen LogP contribution in [0.25, 0.3) is 0 Å². The Morgan fingerprint density at radius 3 is 2.25 bits per heavy atom. The van der Waals surface area contributed by atoms with Crippen molar-refractivity contribution in [3.63, 3.8) is 0 Å². The van der Waals surface area contributed by atoms with E-state index in [0.29, 0.717) is 0 Å². The number of carbonyl (C=O) groups is 2. The van der Waals surface area contributed by atoms with Crippen LogP contribution in [0.2, 0.25) is 0 Å². The Bertz CT molecular complexity index is 831. The monoisotopic (exact) mass is 382 g/mol. The quantitative estimate of drug-likeness (QED) is 0.723. The van der Waals surface area contributed by atoms with Gasteiger partial charge in [-0.05, 0) is 70.0 Å². The van der Waals surface area contributed by atoms with E-state index in [0.717, 1.165) is 36.4 Å². The molecular weight excluding hydrogens is 352 g/mol. The molecule has 0 fully saturated rings. The van der Waals surface area contributed by atoms with Crippen molar-refractivity contribution in [1.82, 2.24) is 10.3 Å². The smallest absolute Gasteiger partial charge is 0.274 e. The molecule has 0 bridgehead atoms. The SMILES string of the molecule is CCC(C)NC(=O)c1cccc(C(=O)Nc2ccc(N(CC)CC)cc2C)n1. The van der Waals surface area contributed by atoms with Crippen LogP contribution < -0.4 is 15.5 Å². The van der Waals surface area contributed by atoms with Crippen molar-refractivity contribution in [3.8, 4) is 0 Å². The second-order valence-corrected chi connectivity index (χ2v) is 6.82. The first-order valence-electron chi connectivity index (χ1n) is 9.84. The maximum atomic E-state index is 12.6. The normalized spacial score (nSPS) is 11.6. The highest BCUT2D eigenvalue weighted by Crippen LogP contribution is 2.23. The standard InChI is InChI=1S/C22H30N4O2/c1-6-16(5)23-21(27)19-10-9-11-20(24-19)22(28)25-18-13-12-17(14-15(18)4)26(7-2)8-3/h9-14,16H,6-8H2,1-5H3,(H,23,27)(H,25,28). The number of carbonyl (C=O) groups excluding carboxylic acids is 2. The molecule has 150 valence electrons. The largest absolute Gasteiger partial charge is 0.372 e. The number of pyridine rings is 1. The van der Waals surface area contributed by atoms with Gasteiger partial charge in [-0.15, -0.1) is 0 Å². The second-order valence-electron chi connectivity index (χ2n) is 6.82. The second kappa shape index (κ2) is 9.88. The summed E-state index contributed by atoms with van der Waals surface area (Å²) >= 11 is 0. The summed E-state index contributed by atoms with van der Waals surface area (Å²) in [5, 5.41) is 5.76. The summed E-state index contributed by atoms with van der Waals surface area (Å²) in [6.07, 6.45) is 0.828. The van der Waals surface area contributed by atoms with Gasteiger partial charge in [-0.1, -0.05) is 13.0 Å². The van der Waals surface area contributed by atoms with Gasteiger partial charge in [0.15, 0.2) is 0 Å². The number of benzene rings is 1. The van der Waals surface area contributed by atoms with Gasteiger partial charge in [0.1, 0.15) is 11.4 Å². The molecular formula is C22H30N4O2. The molecule has 6 nitrogen and oxygen atoms in total. The Morgan fingerprint density at radius 1 is 1.04 bits per heavy atom. The van der Waals surface area contributed by atoms with Gasteiger partial charge in [-0.25, -0.2) is 4.98 Å². The first kappa shape index (κ1) is 21.4. The van der Waals surface area contributed by atoms with E-state index in [4.69, 9.17) is 0 Å². The number of nitrogens with one attached hydrogen (secondary N) is 2. The van der Waals surface area contributed by atoms with Gasteiger partial charge in [0.25, 0.3) is 11.8 Å². The van der Waals surface area contributed by atoms with Crippen molar-refractivity contribution in [2.24, 2.45) is 0 Å². The first-order chi connectivity index (χ1) is 13.4. The summed E-state index contributed by atoms with van der Waals surface area (Å²) in [6.45, 7) is 12.0. The van der Waals surface area contributed by atoms with Crippen LogP contribution in [-0.4, -0.2) is 35.9 Å². The fraction of sp³-hybridized carbons (Fsp3) is 0.409. The van der Waals surface area contributed by atoms with Crippen molar-refractivity contribution in [2.45, 2.75) is 47.1 Å². The van der Waals surface area contributed by atoms with Crippen molar-refractivity contribution >= 4 is 23.2 Å². The third kappa shape index (κ3) is 5.31. The topological polar surface area (TPSA) is 74.3 Å². The van der Waals surface area contributed by atoms with E-state index in [2.05, 4.69) is 40.4 Å². The molecule has 0 spiro atoms. The summed E-state index contributed by atoms with van der Waals surface area (Å²) in [5.41, 5.74) is 3.29. The molecule has 0 aliphatic heterocycles. The van der Waals surface area contributed by atoms with Crippen molar-refractivity contribution in [1.29, 1.82) is 0 Å². The Kier molecular flexibility index (Phi) is 7.55. The molecule has 1 atom stereocenters. The number of aryl methyl sites for hydroxylation is 1. The van der Waals surface area contributed by atoms with Crippen molar-refractivity contribution < 1.29 is 9.59 Å². The van der Waals surface area contributed by atoms with Crippen LogP contribution >= 0.6 is 0 Å². The zero-order valence-electron chi connectivity index (χ0n) is 17.4. The van der Waals surface area contributed by atoms with E-state index in [-0.39, 0.29) is 29.2 Å². The number of aromatic nitrogens is 1. The van der Waals surface area contributed by atoms with Crippen molar-refractivity contribution in [3.05, 3.63) is 53.3 Å². The fourth-order valence-electron chi connectivity index (χ4n) is 2.85. The summed E-state index contributed by atoms with van der Waals surface area (Å²) in [4.78, 5) is 31.4. The van der Waals surface area contributed by atoms with Gasteiger partial charge in [-0.2, -0.15) is 0 Å². The molecule has 1 aromatic carbocycles. The maximum absolute atomic E-state index is 12.6. The molecule has 0 radical (unpaired) electrons. The molecule has 28 heavy (non-hydrogen) atoms. The average molecular weight is 383 g/mol. The Labute approximate surface area is 167 Å². The van der Waals surface area contributed by atoms with Crippen LogP contribution in [0.5, 0.6) is 0 Å². The molecule has 2 aromatic rings. The number of nitrogens with zero attached hydrogens (tertiary/aromatic N) is 2. The number of hydrogen-bond acceptors (Lipinski definition) is 4. The molecule has 0 aliphatic carbocycles. The molecule has 2 N–H and O–H groups in total. The fourth-order valence-corrected chi connectivity index (χ4v) is 2.85. The van der Waals surface area contributed by atoms with E-state index in [1.807, 2.05) is 32.9 Å². The van der Waals surface area contributed by atoms with E-state index in [9.17, 15) is 9.59 Å². The van der Waals surface area contributed by atoms with Crippen LogP contribution in [0.4, 0.5) is 11.4 Å². The molecule has 1 heterocycles. The number of anilines is 2. The van der Waals surface area contributed by atoms with Crippen molar-refractivity contribution in [2.75, 3.05) is 23.3 Å². The van der Waals surface area contributed by atoms with E-state index in [1.54, 1.807) is 18.2 Å². The van der Waals surface area contributed by atoms with Gasteiger partial charge < -0.3 is 15.5 Å². The number of hydrogen-bond donors (Lipinski definition) is 2. The third-order valence-electron chi connectivity index (χ3n) is 4.79. The van der Waals surface area contributed by atoms with Gasteiger partial charge in [0.2, 0.25) is 0 Å². The summed E-state index contributed by atoms with van der Waals surface area (Å²) in [7, 11) is 0. The molecule has 0 saturated heterocycles. The van der Waals surface area contributed by atoms with Gasteiger partial charge >= 0.3 is 0 Å². The molecule has 0 saturated carbocycles. The maximum Gasteiger partial charge on any atom is 0.274 e. The lowest BCUT2D eigenvalue weighted by atomic mass is 10.1. The van der Waals surface area contributed by atoms with Crippen LogP contribution in [-0.2, 0) is 0 Å². The van der Waals surface area contributed by atoms with Gasteiger partial charge in [0, 0.05) is 30.5 Å². The summed E-state index contributed by atoms with van der Waals surface area (Å²) in [6, 6.07) is 10.9. The molecule has 6 heteroatoms. The Balaban J connectivity index is 2.15. The zero-order valence-corrected chi connectivity index (χ0v) is 17.4. The lowest BCUT2D eigenvalue weighted by Crippen LogP contribution is -2.32. The highest BCUT2D eigenvalue weighted by molar-refractivity contribution is 6.04. The number of rotatable bonds is 8. The average Bonchev–Trinajstić information content (AvgIpc) is 2.70. The van der Waals surface area contributed by atoms with Crippen LogP contribution in [0, 0.1) is 6.92 Å². The summed E-state index contributed by atoms with van der Waals surface area (Å²) in [5.74, 6) is -0.611. The molecule has 2 amide bonds. The summed E-state index contributed by atoms with van der Waals surface area (Å²) < 4.78 is 0. The Morgan fingerprint density at radius 2 is 1.68 bits per heavy atom. The highest BCUT2D eigenvalue weighted by atomic mass is 16.2. The lowest BCUT2D eigenvalue weighted by Gasteiger charge is -2.22. The predicted octanol–water partition coefficient (Wildman–Crippen LogP) is 4.02. The molecule has 1 unspecified atom stereocenters. The van der Waals surface area contributed by atoms with E-state index >= 15 is 0 Å². The molecule has 0 aliphatic rings. The van der Waals surface area contributed by atoms with Gasteiger partial charge in [-0.3, -0.25) is 9.59 Å². The van der Waals surface area contributed by atoms with Crippen LogP contribution in [0.1, 0.15) is 60.7 Å². The Hall–Kier alpha value is -2.89. The minimum absolute atomic E-state index is 0.0544. The van der Waals surface area contributed by atoms with Crippen LogP contribution in [0.3, 0.4) is 0 Å². The first-order valence-corrected chi connectivity index (χ1v) is 9.84. The van der Waals surface area contributed by atoms with Crippen LogP contribution in [0.15, 0.2) is 36.4 Å².